The molecule has 0 amide bonds. The van der Waals surface area contributed by atoms with Gasteiger partial charge in [0.15, 0.2) is 11.6 Å². The quantitative estimate of drug-likeness (QED) is 0.427. The minimum Gasteiger partial charge on any atom is -0.384 e. The first-order chi connectivity index (χ1) is 15.2. The first-order valence-electron chi connectivity index (χ1n) is 11.0. The number of hydrogen-bond acceptors (Lipinski definition) is 7. The van der Waals surface area contributed by atoms with Gasteiger partial charge in [0.25, 0.3) is 0 Å². The molecule has 2 heterocycles. The zero-order valence-corrected chi connectivity index (χ0v) is 17.5. The summed E-state index contributed by atoms with van der Waals surface area (Å²) < 4.78 is 10.7. The molecule has 1 unspecified atom stereocenters. The van der Waals surface area contributed by atoms with Gasteiger partial charge in [-0.1, -0.05) is 24.3 Å². The van der Waals surface area contributed by atoms with Gasteiger partial charge in [0, 0.05) is 48.7 Å². The summed E-state index contributed by atoms with van der Waals surface area (Å²) in [5.74, 6) is -0.214. The van der Waals surface area contributed by atoms with Crippen molar-refractivity contribution in [2.75, 3.05) is 63.2 Å². The van der Waals surface area contributed by atoms with Crippen LogP contribution in [0.4, 0.5) is 11.4 Å². The van der Waals surface area contributed by atoms with Crippen LogP contribution in [0.5, 0.6) is 0 Å². The number of anilines is 2. The summed E-state index contributed by atoms with van der Waals surface area (Å²) in [6.45, 7) is 6.57. The van der Waals surface area contributed by atoms with Crippen molar-refractivity contribution >= 4 is 22.9 Å². The van der Waals surface area contributed by atoms with Crippen LogP contribution in [-0.2, 0) is 9.47 Å². The summed E-state index contributed by atoms with van der Waals surface area (Å²) >= 11 is 0. The SMILES string of the molecule is O=C1c2ccccc2C(=O)c2c(NCC3CO3)ccc(NCCCN3CCOCC3)c21. The topological polar surface area (TPSA) is 83.2 Å². The van der Waals surface area contributed by atoms with Crippen LogP contribution in [-0.4, -0.2) is 75.1 Å². The smallest absolute Gasteiger partial charge is 0.196 e. The molecule has 2 aromatic carbocycles. The van der Waals surface area contributed by atoms with Crippen LogP contribution in [0.2, 0.25) is 0 Å². The second-order valence-corrected chi connectivity index (χ2v) is 8.19. The molecule has 162 valence electrons. The van der Waals surface area contributed by atoms with Crippen molar-refractivity contribution < 1.29 is 19.1 Å². The highest BCUT2D eigenvalue weighted by Gasteiger charge is 2.34. The molecule has 2 fully saturated rings. The van der Waals surface area contributed by atoms with Crippen molar-refractivity contribution in [1.82, 2.24) is 4.90 Å². The second kappa shape index (κ2) is 8.78. The zero-order valence-electron chi connectivity index (χ0n) is 17.5. The lowest BCUT2D eigenvalue weighted by molar-refractivity contribution is 0.0378. The minimum absolute atomic E-state index is 0.104. The molecule has 2 aliphatic heterocycles. The number of epoxide rings is 1. The molecule has 0 bridgehead atoms. The van der Waals surface area contributed by atoms with E-state index < -0.39 is 0 Å². The number of hydrogen-bond donors (Lipinski definition) is 2. The molecule has 5 rings (SSSR count). The van der Waals surface area contributed by atoms with Crippen molar-refractivity contribution in [2.45, 2.75) is 12.5 Å². The second-order valence-electron chi connectivity index (χ2n) is 8.19. The van der Waals surface area contributed by atoms with Gasteiger partial charge in [-0.3, -0.25) is 14.5 Å². The fourth-order valence-electron chi connectivity index (χ4n) is 4.28. The Morgan fingerprint density at radius 3 is 2.13 bits per heavy atom. The number of ether oxygens (including phenoxy) is 2. The normalized spacial score (nSPS) is 20.2. The van der Waals surface area contributed by atoms with Crippen molar-refractivity contribution in [1.29, 1.82) is 0 Å². The number of morpholine rings is 1. The maximum Gasteiger partial charge on any atom is 0.196 e. The molecule has 0 spiro atoms. The first kappa shape index (κ1) is 20.2. The monoisotopic (exact) mass is 421 g/mol. The van der Waals surface area contributed by atoms with Crippen LogP contribution < -0.4 is 10.6 Å². The molecular formula is C24H27N3O4. The van der Waals surface area contributed by atoms with Crippen LogP contribution in [0.1, 0.15) is 38.3 Å². The number of carbonyl (C=O) groups excluding carboxylic acids is 2. The van der Waals surface area contributed by atoms with E-state index in [9.17, 15) is 9.59 Å². The van der Waals surface area contributed by atoms with Crippen molar-refractivity contribution in [3.63, 3.8) is 0 Å². The van der Waals surface area contributed by atoms with Crippen LogP contribution in [0.25, 0.3) is 0 Å². The van der Waals surface area contributed by atoms with Crippen molar-refractivity contribution in [2.24, 2.45) is 0 Å². The van der Waals surface area contributed by atoms with Crippen LogP contribution in [0.3, 0.4) is 0 Å². The Balaban J connectivity index is 1.38. The Labute approximate surface area is 181 Å². The molecule has 7 nitrogen and oxygen atoms in total. The van der Waals surface area contributed by atoms with Crippen molar-refractivity contribution in [3.05, 3.63) is 58.7 Å². The Hall–Kier alpha value is -2.74. The molecule has 1 aliphatic carbocycles. The summed E-state index contributed by atoms with van der Waals surface area (Å²) in [4.78, 5) is 29.1. The molecule has 2 N–H and O–H groups in total. The highest BCUT2D eigenvalue weighted by Crippen LogP contribution is 2.36. The number of carbonyl (C=O) groups is 2. The lowest BCUT2D eigenvalue weighted by Gasteiger charge is -2.27. The van der Waals surface area contributed by atoms with Crippen LogP contribution in [0.15, 0.2) is 36.4 Å². The lowest BCUT2D eigenvalue weighted by atomic mass is 9.82. The predicted octanol–water partition coefficient (Wildman–Crippen LogP) is 2.41. The van der Waals surface area contributed by atoms with E-state index in [0.29, 0.717) is 34.5 Å². The van der Waals surface area contributed by atoms with Gasteiger partial charge in [0.05, 0.1) is 37.1 Å². The third-order valence-corrected chi connectivity index (χ3v) is 6.07. The Morgan fingerprint density at radius 1 is 0.903 bits per heavy atom. The molecule has 2 saturated heterocycles. The largest absolute Gasteiger partial charge is 0.384 e. The van der Waals surface area contributed by atoms with E-state index >= 15 is 0 Å². The third kappa shape index (κ3) is 4.21. The number of nitrogens with one attached hydrogen (secondary N) is 2. The standard InChI is InChI=1S/C24H27N3O4/c28-23-17-4-1-2-5-18(17)24(29)22-20(26-14-16-15-31-16)7-6-19(21(22)23)25-8-3-9-27-10-12-30-13-11-27/h1-2,4-7,16,25-26H,3,8-15H2. The van der Waals surface area contributed by atoms with E-state index in [-0.39, 0.29) is 17.7 Å². The third-order valence-electron chi connectivity index (χ3n) is 6.07. The van der Waals surface area contributed by atoms with E-state index in [0.717, 1.165) is 58.1 Å². The summed E-state index contributed by atoms with van der Waals surface area (Å²) in [7, 11) is 0. The summed E-state index contributed by atoms with van der Waals surface area (Å²) in [5, 5.41) is 6.72. The van der Waals surface area contributed by atoms with Gasteiger partial charge in [0.2, 0.25) is 0 Å². The molecule has 0 radical (unpaired) electrons. The average Bonchev–Trinajstić information content (AvgIpc) is 3.64. The first-order valence-corrected chi connectivity index (χ1v) is 11.0. The maximum atomic E-state index is 13.4. The molecule has 3 aliphatic rings. The van der Waals surface area contributed by atoms with Gasteiger partial charge >= 0.3 is 0 Å². The number of rotatable bonds is 8. The summed E-state index contributed by atoms with van der Waals surface area (Å²) in [6, 6.07) is 10.9. The average molecular weight is 421 g/mol. The molecule has 0 aromatic heterocycles. The fourth-order valence-corrected chi connectivity index (χ4v) is 4.28. The fraction of sp³-hybridized carbons (Fsp3) is 0.417. The van der Waals surface area contributed by atoms with E-state index in [2.05, 4.69) is 15.5 Å². The number of benzene rings is 2. The van der Waals surface area contributed by atoms with Gasteiger partial charge in [-0.25, -0.2) is 0 Å². The highest BCUT2D eigenvalue weighted by atomic mass is 16.6. The van der Waals surface area contributed by atoms with Crippen molar-refractivity contribution in [3.8, 4) is 0 Å². The molecule has 7 heteroatoms. The highest BCUT2D eigenvalue weighted by molar-refractivity contribution is 6.31. The van der Waals surface area contributed by atoms with Gasteiger partial charge in [-0.2, -0.15) is 0 Å². The predicted molar refractivity (Wildman–Crippen MR) is 118 cm³/mol. The summed E-state index contributed by atoms with van der Waals surface area (Å²) in [5.41, 5.74) is 3.28. The van der Waals surface area contributed by atoms with E-state index in [1.54, 1.807) is 24.3 Å². The zero-order chi connectivity index (χ0) is 21.2. The maximum absolute atomic E-state index is 13.4. The van der Waals surface area contributed by atoms with Crippen LogP contribution >= 0.6 is 0 Å². The lowest BCUT2D eigenvalue weighted by Crippen LogP contribution is -2.37. The van der Waals surface area contributed by atoms with E-state index in [1.807, 2.05) is 12.1 Å². The van der Waals surface area contributed by atoms with Crippen LogP contribution in [0, 0.1) is 0 Å². The Bertz CT molecular complexity index is 996. The molecule has 2 aromatic rings. The van der Waals surface area contributed by atoms with Gasteiger partial charge in [-0.05, 0) is 25.1 Å². The Morgan fingerprint density at radius 2 is 1.52 bits per heavy atom. The van der Waals surface area contributed by atoms with E-state index in [4.69, 9.17) is 9.47 Å². The number of fused-ring (bicyclic) bond motifs is 2. The van der Waals surface area contributed by atoms with Gasteiger partial charge in [-0.15, -0.1) is 0 Å². The molecule has 0 saturated carbocycles. The molecular weight excluding hydrogens is 394 g/mol. The molecule has 1 atom stereocenters. The van der Waals surface area contributed by atoms with Gasteiger partial charge < -0.3 is 20.1 Å². The molecule has 31 heavy (non-hydrogen) atoms. The summed E-state index contributed by atoms with van der Waals surface area (Å²) in [6.07, 6.45) is 1.13. The number of nitrogens with zero attached hydrogens (tertiary/aromatic N) is 1. The number of ketones is 2. The van der Waals surface area contributed by atoms with Gasteiger partial charge in [0.1, 0.15) is 0 Å². The minimum atomic E-state index is -0.110. The van der Waals surface area contributed by atoms with E-state index in [1.165, 1.54) is 0 Å². The Kier molecular flexibility index (Phi) is 5.72.